The van der Waals surface area contributed by atoms with Gasteiger partial charge in [-0.25, -0.2) is 8.78 Å². The van der Waals surface area contributed by atoms with Crippen LogP contribution in [0.4, 0.5) is 14.5 Å². The predicted molar refractivity (Wildman–Crippen MR) is 63.2 cm³/mol. The summed E-state index contributed by atoms with van der Waals surface area (Å²) < 4.78 is 24.3. The van der Waals surface area contributed by atoms with Gasteiger partial charge in [-0.15, -0.1) is 0 Å². The summed E-state index contributed by atoms with van der Waals surface area (Å²) in [5.74, 6) is 0. The Labute approximate surface area is 91.3 Å². The van der Waals surface area contributed by atoms with E-state index < -0.39 is 6.43 Å². The molecule has 0 fully saturated rings. The molecule has 0 saturated carbocycles. The first-order chi connectivity index (χ1) is 7.13. The number of hydrogen-bond donors (Lipinski definition) is 1. The average molecular weight is 217 g/mol. The Hall–Kier alpha value is -1.12. The second-order valence-corrected chi connectivity index (χ2v) is 2.36. The summed E-state index contributed by atoms with van der Waals surface area (Å²) in [6, 6.07) is 4.53. The molecule has 0 aromatic heterocycles. The zero-order valence-electron chi connectivity index (χ0n) is 10.1. The topological polar surface area (TPSA) is 26.0 Å². The van der Waals surface area contributed by atoms with Crippen LogP contribution in [0.5, 0.6) is 0 Å². The van der Waals surface area contributed by atoms with Crippen molar-refractivity contribution in [3.63, 3.8) is 0 Å². The van der Waals surface area contributed by atoms with E-state index in [-0.39, 0.29) is 5.56 Å². The molecule has 3 heteroatoms. The van der Waals surface area contributed by atoms with Crippen LogP contribution in [-0.2, 0) is 0 Å². The quantitative estimate of drug-likeness (QED) is 0.685. The van der Waals surface area contributed by atoms with Crippen molar-refractivity contribution in [3.8, 4) is 0 Å². The normalized spacial score (nSPS) is 8.53. The SMILES string of the molecule is CC.CC.Cc1c(N)cccc1C(F)F. The maximum absolute atomic E-state index is 12.2. The lowest BCUT2D eigenvalue weighted by Gasteiger charge is -2.05. The molecule has 15 heavy (non-hydrogen) atoms. The number of hydrogen-bond acceptors (Lipinski definition) is 1. The molecule has 88 valence electrons. The van der Waals surface area contributed by atoms with Gasteiger partial charge in [0.05, 0.1) is 0 Å². The van der Waals surface area contributed by atoms with Crippen LogP contribution < -0.4 is 5.73 Å². The molecule has 0 aliphatic rings. The minimum atomic E-state index is -2.43. The van der Waals surface area contributed by atoms with Crippen LogP contribution in [-0.4, -0.2) is 0 Å². The molecule has 1 rings (SSSR count). The molecule has 0 unspecified atom stereocenters. The maximum atomic E-state index is 12.2. The molecule has 0 aliphatic carbocycles. The highest BCUT2D eigenvalue weighted by atomic mass is 19.3. The molecule has 2 N–H and O–H groups in total. The van der Waals surface area contributed by atoms with E-state index in [2.05, 4.69) is 0 Å². The third kappa shape index (κ3) is 5.35. The van der Waals surface area contributed by atoms with Crippen molar-refractivity contribution in [2.75, 3.05) is 5.73 Å². The number of alkyl halides is 2. The minimum absolute atomic E-state index is 0.0185. The first-order valence-electron chi connectivity index (χ1n) is 5.26. The summed E-state index contributed by atoms with van der Waals surface area (Å²) in [6.45, 7) is 9.59. The highest BCUT2D eigenvalue weighted by molar-refractivity contribution is 5.50. The molecule has 0 amide bonds. The third-order valence-corrected chi connectivity index (χ3v) is 1.65. The summed E-state index contributed by atoms with van der Waals surface area (Å²) in [6.07, 6.45) is -2.43. The predicted octanol–water partition coefficient (Wildman–Crippen LogP) is 4.57. The number of benzene rings is 1. The van der Waals surface area contributed by atoms with Crippen LogP contribution in [0.2, 0.25) is 0 Å². The van der Waals surface area contributed by atoms with Crippen LogP contribution in [0.3, 0.4) is 0 Å². The number of nitrogen functional groups attached to an aromatic ring is 1. The van der Waals surface area contributed by atoms with Gasteiger partial charge in [-0.3, -0.25) is 0 Å². The van der Waals surface area contributed by atoms with E-state index in [1.165, 1.54) is 12.1 Å². The Morgan fingerprint density at radius 3 is 1.87 bits per heavy atom. The Bertz CT molecular complexity index is 260. The molecule has 0 saturated heterocycles. The minimum Gasteiger partial charge on any atom is -0.399 e. The van der Waals surface area contributed by atoms with Gasteiger partial charge in [0.15, 0.2) is 0 Å². The molecule has 0 atom stereocenters. The van der Waals surface area contributed by atoms with E-state index in [4.69, 9.17) is 5.73 Å². The number of anilines is 1. The lowest BCUT2D eigenvalue weighted by molar-refractivity contribution is 0.150. The number of halogens is 2. The van der Waals surface area contributed by atoms with E-state index >= 15 is 0 Å². The Kier molecular flexibility index (Phi) is 10.3. The zero-order chi connectivity index (χ0) is 12.4. The van der Waals surface area contributed by atoms with E-state index in [9.17, 15) is 8.78 Å². The van der Waals surface area contributed by atoms with Gasteiger partial charge in [0.1, 0.15) is 0 Å². The van der Waals surface area contributed by atoms with Crippen molar-refractivity contribution in [1.82, 2.24) is 0 Å². The van der Waals surface area contributed by atoms with E-state index in [1.807, 2.05) is 27.7 Å². The molecule has 1 aromatic carbocycles. The fraction of sp³-hybridized carbons (Fsp3) is 0.500. The molecule has 0 spiro atoms. The van der Waals surface area contributed by atoms with E-state index in [0.717, 1.165) is 0 Å². The van der Waals surface area contributed by atoms with Crippen molar-refractivity contribution in [3.05, 3.63) is 29.3 Å². The molecular weight excluding hydrogens is 196 g/mol. The van der Waals surface area contributed by atoms with E-state index in [1.54, 1.807) is 13.0 Å². The van der Waals surface area contributed by atoms with Gasteiger partial charge in [-0.2, -0.15) is 0 Å². The van der Waals surface area contributed by atoms with Gasteiger partial charge in [0.25, 0.3) is 6.43 Å². The van der Waals surface area contributed by atoms with Crippen LogP contribution in [0.15, 0.2) is 18.2 Å². The second-order valence-electron chi connectivity index (χ2n) is 2.36. The first-order valence-corrected chi connectivity index (χ1v) is 5.26. The summed E-state index contributed by atoms with van der Waals surface area (Å²) in [5.41, 5.74) is 6.34. The van der Waals surface area contributed by atoms with Crippen LogP contribution in [0, 0.1) is 6.92 Å². The van der Waals surface area contributed by atoms with Gasteiger partial charge >= 0.3 is 0 Å². The van der Waals surface area contributed by atoms with Crippen molar-refractivity contribution in [1.29, 1.82) is 0 Å². The van der Waals surface area contributed by atoms with Gasteiger partial charge in [-0.1, -0.05) is 39.8 Å². The van der Waals surface area contributed by atoms with Gasteiger partial charge in [-0.05, 0) is 18.6 Å². The second kappa shape index (κ2) is 9.44. The molecule has 1 nitrogen and oxygen atoms in total. The molecule has 0 aliphatic heterocycles. The molecule has 1 aromatic rings. The summed E-state index contributed by atoms with van der Waals surface area (Å²) >= 11 is 0. The summed E-state index contributed by atoms with van der Waals surface area (Å²) in [7, 11) is 0. The lowest BCUT2D eigenvalue weighted by atomic mass is 10.1. The van der Waals surface area contributed by atoms with Crippen LogP contribution >= 0.6 is 0 Å². The summed E-state index contributed by atoms with van der Waals surface area (Å²) in [4.78, 5) is 0. The Morgan fingerprint density at radius 2 is 1.53 bits per heavy atom. The smallest absolute Gasteiger partial charge is 0.264 e. The van der Waals surface area contributed by atoms with Crippen molar-refractivity contribution in [2.45, 2.75) is 41.0 Å². The fourth-order valence-corrected chi connectivity index (χ4v) is 0.909. The highest BCUT2D eigenvalue weighted by Gasteiger charge is 2.10. The highest BCUT2D eigenvalue weighted by Crippen LogP contribution is 2.25. The van der Waals surface area contributed by atoms with Crippen molar-refractivity contribution >= 4 is 5.69 Å². The largest absolute Gasteiger partial charge is 0.399 e. The van der Waals surface area contributed by atoms with Gasteiger partial charge in [0, 0.05) is 11.3 Å². The summed E-state index contributed by atoms with van der Waals surface area (Å²) in [5, 5.41) is 0. The molecule has 0 radical (unpaired) electrons. The Balaban J connectivity index is 0. The fourth-order valence-electron chi connectivity index (χ4n) is 0.909. The number of nitrogens with two attached hydrogens (primary N) is 1. The standard InChI is InChI=1S/C8H9F2N.2C2H6/c1-5-6(8(9)10)3-2-4-7(5)11;2*1-2/h2-4,8H,11H2,1H3;2*1-2H3. The average Bonchev–Trinajstić information content (AvgIpc) is 2.27. The maximum Gasteiger partial charge on any atom is 0.264 e. The number of rotatable bonds is 1. The molecule has 0 bridgehead atoms. The van der Waals surface area contributed by atoms with Crippen molar-refractivity contribution < 1.29 is 8.78 Å². The lowest BCUT2D eigenvalue weighted by Crippen LogP contribution is -1.95. The first kappa shape index (κ1) is 16.3. The Morgan fingerprint density at radius 1 is 1.07 bits per heavy atom. The third-order valence-electron chi connectivity index (χ3n) is 1.65. The molecule has 0 heterocycles. The van der Waals surface area contributed by atoms with Gasteiger partial charge < -0.3 is 5.73 Å². The van der Waals surface area contributed by atoms with Crippen molar-refractivity contribution in [2.24, 2.45) is 0 Å². The van der Waals surface area contributed by atoms with Crippen LogP contribution in [0.1, 0.15) is 45.2 Å². The molecular formula is C12H21F2N. The monoisotopic (exact) mass is 217 g/mol. The van der Waals surface area contributed by atoms with Gasteiger partial charge in [0.2, 0.25) is 0 Å². The van der Waals surface area contributed by atoms with E-state index in [0.29, 0.717) is 11.3 Å². The zero-order valence-corrected chi connectivity index (χ0v) is 10.1. The van der Waals surface area contributed by atoms with Crippen LogP contribution in [0.25, 0.3) is 0 Å².